The van der Waals surface area contributed by atoms with E-state index in [1.165, 1.54) is 31.7 Å². The van der Waals surface area contributed by atoms with E-state index in [-0.39, 0.29) is 28.6 Å². The molecule has 4 rings (SSSR count). The highest BCUT2D eigenvalue weighted by molar-refractivity contribution is 6.03. The van der Waals surface area contributed by atoms with Crippen LogP contribution in [0.4, 0.5) is 0 Å². The van der Waals surface area contributed by atoms with Crippen LogP contribution in [0.15, 0.2) is 30.3 Å². The van der Waals surface area contributed by atoms with Crippen molar-refractivity contribution in [2.24, 2.45) is 16.7 Å². The highest BCUT2D eigenvalue weighted by atomic mass is 16.2. The molecule has 2 atom stereocenters. The molecule has 5 nitrogen and oxygen atoms in total. The van der Waals surface area contributed by atoms with Crippen molar-refractivity contribution in [3.8, 4) is 0 Å². The van der Waals surface area contributed by atoms with Gasteiger partial charge in [-0.3, -0.25) is 14.5 Å². The second-order valence-corrected chi connectivity index (χ2v) is 10.2. The Bertz CT molecular complexity index is 755. The summed E-state index contributed by atoms with van der Waals surface area (Å²) in [6, 6.07) is 10.7. The third-order valence-electron chi connectivity index (χ3n) is 8.38. The van der Waals surface area contributed by atoms with Crippen molar-refractivity contribution in [1.82, 2.24) is 4.90 Å². The van der Waals surface area contributed by atoms with Crippen LogP contribution in [0, 0.1) is 16.7 Å². The summed E-state index contributed by atoms with van der Waals surface area (Å²) in [6.45, 7) is 13.8. The number of piperazine rings is 1. The van der Waals surface area contributed by atoms with Gasteiger partial charge in [0.1, 0.15) is 32.7 Å². The Labute approximate surface area is 175 Å². The number of rotatable bonds is 6. The fourth-order valence-corrected chi connectivity index (χ4v) is 5.87. The minimum atomic E-state index is -0.370. The summed E-state index contributed by atoms with van der Waals surface area (Å²) >= 11 is 0. The molecule has 3 aliphatic rings. The molecule has 158 valence electrons. The molecule has 29 heavy (non-hydrogen) atoms. The van der Waals surface area contributed by atoms with Crippen LogP contribution in [0.25, 0.3) is 0 Å². The van der Waals surface area contributed by atoms with Gasteiger partial charge in [0.05, 0.1) is 12.0 Å². The Morgan fingerprint density at radius 3 is 2.34 bits per heavy atom. The average molecular weight is 400 g/mol. The number of hydrogen-bond donors (Lipinski definition) is 2. The lowest BCUT2D eigenvalue weighted by Crippen LogP contribution is -3.27. The normalized spacial score (nSPS) is 33.9. The van der Waals surface area contributed by atoms with E-state index < -0.39 is 0 Å². The fourth-order valence-electron chi connectivity index (χ4n) is 5.87. The first-order chi connectivity index (χ1) is 13.8. The quantitative estimate of drug-likeness (QED) is 0.670. The number of fused-ring (bicyclic) bond motifs is 2. The topological polar surface area (TPSA) is 46.3 Å². The van der Waals surface area contributed by atoms with E-state index in [9.17, 15) is 9.59 Å². The van der Waals surface area contributed by atoms with Gasteiger partial charge in [-0.1, -0.05) is 51.1 Å². The molecule has 3 fully saturated rings. The molecule has 0 radical (unpaired) electrons. The Morgan fingerprint density at radius 2 is 1.66 bits per heavy atom. The summed E-state index contributed by atoms with van der Waals surface area (Å²) in [4.78, 5) is 31.0. The number of likely N-dealkylation sites (tertiary alicyclic amines) is 1. The lowest BCUT2D eigenvalue weighted by Gasteiger charge is -2.47. The summed E-state index contributed by atoms with van der Waals surface area (Å²) in [5, 5.41) is 0. The van der Waals surface area contributed by atoms with E-state index in [0.29, 0.717) is 6.54 Å². The summed E-state index contributed by atoms with van der Waals surface area (Å²) in [6.07, 6.45) is 2.63. The predicted octanol–water partition coefficient (Wildman–Crippen LogP) is 0.171. The van der Waals surface area contributed by atoms with Gasteiger partial charge in [0, 0.05) is 24.4 Å². The Morgan fingerprint density at radius 1 is 1.00 bits per heavy atom. The van der Waals surface area contributed by atoms with Crippen LogP contribution < -0.4 is 9.80 Å². The molecule has 2 aliphatic heterocycles. The molecular formula is C24H37N3O2+2. The maximum absolute atomic E-state index is 13.1. The van der Waals surface area contributed by atoms with Crippen molar-refractivity contribution in [3.63, 3.8) is 0 Å². The number of amides is 2. The molecule has 1 saturated carbocycles. The first kappa shape index (κ1) is 20.5. The molecule has 5 heteroatoms. The smallest absolute Gasteiger partial charge is 0.235 e. The summed E-state index contributed by atoms with van der Waals surface area (Å²) in [7, 11) is 0. The van der Waals surface area contributed by atoms with Gasteiger partial charge in [-0.2, -0.15) is 0 Å². The molecule has 0 spiro atoms. The number of imide groups is 1. The Balaban J connectivity index is 1.24. The zero-order chi connectivity index (χ0) is 20.6. The highest BCUT2D eigenvalue weighted by Crippen LogP contribution is 2.59. The number of nitrogens with zero attached hydrogens (tertiary/aromatic N) is 1. The lowest BCUT2D eigenvalue weighted by atomic mass is 9.62. The minimum absolute atomic E-state index is 0.0164. The second-order valence-electron chi connectivity index (χ2n) is 10.2. The molecular weight excluding hydrogens is 362 g/mol. The monoisotopic (exact) mass is 399 g/mol. The third kappa shape index (κ3) is 3.64. The Kier molecular flexibility index (Phi) is 5.56. The number of quaternary nitrogens is 2. The third-order valence-corrected chi connectivity index (χ3v) is 8.38. The summed E-state index contributed by atoms with van der Waals surface area (Å²) < 4.78 is 0. The van der Waals surface area contributed by atoms with Gasteiger partial charge in [-0.15, -0.1) is 0 Å². The zero-order valence-electron chi connectivity index (χ0n) is 18.3. The van der Waals surface area contributed by atoms with Gasteiger partial charge >= 0.3 is 0 Å². The predicted molar refractivity (Wildman–Crippen MR) is 112 cm³/mol. The van der Waals surface area contributed by atoms with Crippen molar-refractivity contribution < 1.29 is 19.4 Å². The number of carbonyl (C=O) groups is 2. The van der Waals surface area contributed by atoms with E-state index in [4.69, 9.17) is 0 Å². The summed E-state index contributed by atoms with van der Waals surface area (Å²) in [5.74, 6) is 0.179. The van der Waals surface area contributed by atoms with Crippen LogP contribution >= 0.6 is 0 Å². The first-order valence-electron chi connectivity index (χ1n) is 11.4. The van der Waals surface area contributed by atoms with Crippen LogP contribution in [-0.2, 0) is 16.1 Å². The molecule has 2 N–H and O–H groups in total. The van der Waals surface area contributed by atoms with Gasteiger partial charge in [0.15, 0.2) is 0 Å². The second kappa shape index (κ2) is 7.84. The van der Waals surface area contributed by atoms with E-state index >= 15 is 0 Å². The van der Waals surface area contributed by atoms with Crippen molar-refractivity contribution in [2.75, 3.05) is 39.3 Å². The number of carbonyl (C=O) groups excluding carboxylic acids is 2. The van der Waals surface area contributed by atoms with E-state index in [0.717, 1.165) is 32.4 Å². The van der Waals surface area contributed by atoms with Crippen LogP contribution in [0.3, 0.4) is 0 Å². The van der Waals surface area contributed by atoms with Gasteiger partial charge in [-0.05, 0) is 18.3 Å². The number of nitrogens with one attached hydrogen (secondary N) is 2. The van der Waals surface area contributed by atoms with Crippen molar-refractivity contribution >= 4 is 11.8 Å². The molecule has 2 amide bonds. The van der Waals surface area contributed by atoms with E-state index in [1.807, 2.05) is 0 Å². The van der Waals surface area contributed by atoms with Crippen LogP contribution in [0.1, 0.15) is 45.6 Å². The van der Waals surface area contributed by atoms with Crippen molar-refractivity contribution in [2.45, 2.75) is 46.6 Å². The van der Waals surface area contributed by atoms with Gasteiger partial charge in [0.25, 0.3) is 0 Å². The lowest BCUT2D eigenvalue weighted by molar-refractivity contribution is -1.02. The molecule has 1 aromatic carbocycles. The number of piperidine rings is 1. The summed E-state index contributed by atoms with van der Waals surface area (Å²) in [5.41, 5.74) is 0.838. The van der Waals surface area contributed by atoms with Gasteiger partial charge < -0.3 is 9.80 Å². The highest BCUT2D eigenvalue weighted by Gasteiger charge is 2.64. The molecule has 2 saturated heterocycles. The van der Waals surface area contributed by atoms with Crippen molar-refractivity contribution in [1.29, 1.82) is 0 Å². The van der Waals surface area contributed by atoms with Gasteiger partial charge in [-0.25, -0.2) is 0 Å². The molecule has 0 aromatic heterocycles. The minimum Gasteiger partial charge on any atom is -0.326 e. The molecule has 1 aromatic rings. The number of hydrogen-bond acceptors (Lipinski definition) is 2. The largest absolute Gasteiger partial charge is 0.326 e. The van der Waals surface area contributed by atoms with Crippen LogP contribution in [-0.4, -0.2) is 56.0 Å². The molecule has 0 unspecified atom stereocenters. The van der Waals surface area contributed by atoms with Crippen molar-refractivity contribution in [3.05, 3.63) is 35.9 Å². The van der Waals surface area contributed by atoms with Crippen LogP contribution in [0.2, 0.25) is 0 Å². The SMILES string of the molecule is CC1(C)[C@H]2CC[C@@]1(C)C(=O)N(CCC[NH+]1CC[NH+](Cc3ccccc3)CC1)C2=O. The Hall–Kier alpha value is -1.72. The molecule has 1 aliphatic carbocycles. The van der Waals surface area contributed by atoms with E-state index in [2.05, 4.69) is 51.1 Å². The maximum Gasteiger partial charge on any atom is 0.235 e. The van der Waals surface area contributed by atoms with Crippen LogP contribution in [0.5, 0.6) is 0 Å². The molecule has 2 heterocycles. The maximum atomic E-state index is 13.1. The fraction of sp³-hybridized carbons (Fsp3) is 0.667. The average Bonchev–Trinajstić information content (AvgIpc) is 2.90. The first-order valence-corrected chi connectivity index (χ1v) is 11.4. The zero-order valence-corrected chi connectivity index (χ0v) is 18.3. The van der Waals surface area contributed by atoms with Gasteiger partial charge in [0.2, 0.25) is 11.8 Å². The van der Waals surface area contributed by atoms with E-state index in [1.54, 1.807) is 14.7 Å². The standard InChI is InChI=1S/C24H35N3O2/c1-23(2)20-10-11-24(23,3)22(29)27(21(20)28)13-7-12-25-14-16-26(17-15-25)18-19-8-5-4-6-9-19/h4-6,8-9,20H,7,10-18H2,1-3H3/p+2/t20-,24-/m0/s1. The number of benzene rings is 1. The molecule has 2 bridgehead atoms.